The molecule has 9 heteroatoms. The van der Waals surface area contributed by atoms with Gasteiger partial charge in [-0.2, -0.15) is 0 Å². The van der Waals surface area contributed by atoms with Crippen molar-refractivity contribution < 1.29 is 27.1 Å². The lowest BCUT2D eigenvalue weighted by Crippen LogP contribution is -2.16. The number of rotatable bonds is 4. The monoisotopic (exact) mass is 391 g/mol. The molecule has 0 spiro atoms. The minimum Gasteiger partial charge on any atom is -0.478 e. The zero-order valence-corrected chi connectivity index (χ0v) is 13.1. The van der Waals surface area contributed by atoms with Crippen molar-refractivity contribution in [2.24, 2.45) is 0 Å². The molecule has 0 saturated heterocycles. The molecule has 0 aliphatic rings. The predicted octanol–water partition coefficient (Wildman–Crippen LogP) is 3.23. The molecule has 22 heavy (non-hydrogen) atoms. The maximum atomic E-state index is 13.5. The third-order valence-corrected chi connectivity index (χ3v) is 5.01. The van der Waals surface area contributed by atoms with Gasteiger partial charge in [0.05, 0.1) is 5.56 Å². The van der Waals surface area contributed by atoms with Gasteiger partial charge in [-0.25, -0.2) is 22.0 Å². The van der Waals surface area contributed by atoms with Crippen LogP contribution in [0.3, 0.4) is 0 Å². The highest BCUT2D eigenvalue weighted by Gasteiger charge is 2.23. The van der Waals surface area contributed by atoms with Gasteiger partial charge in [0.2, 0.25) is 0 Å². The molecular weight excluding hydrogens is 384 g/mol. The van der Waals surface area contributed by atoms with E-state index >= 15 is 0 Å². The second-order valence-electron chi connectivity index (χ2n) is 4.15. The highest BCUT2D eigenvalue weighted by Crippen LogP contribution is 2.27. The van der Waals surface area contributed by atoms with E-state index in [0.717, 1.165) is 24.3 Å². The van der Waals surface area contributed by atoms with Crippen molar-refractivity contribution in [2.75, 3.05) is 4.72 Å². The third kappa shape index (κ3) is 3.25. The summed E-state index contributed by atoms with van der Waals surface area (Å²) < 4.78 is 53.4. The van der Waals surface area contributed by atoms with E-state index in [9.17, 15) is 22.0 Å². The highest BCUT2D eigenvalue weighted by atomic mass is 79.9. The number of benzene rings is 2. The Bertz CT molecular complexity index is 835. The SMILES string of the molecule is O=C(O)c1ccc(Br)c(S(=O)(=O)Nc2c(F)cccc2F)c1. The Morgan fingerprint density at radius 1 is 1.14 bits per heavy atom. The second kappa shape index (κ2) is 6.01. The molecule has 0 aliphatic heterocycles. The van der Waals surface area contributed by atoms with Crippen molar-refractivity contribution in [1.29, 1.82) is 0 Å². The molecule has 0 aliphatic carbocycles. The largest absolute Gasteiger partial charge is 0.478 e. The van der Waals surface area contributed by atoms with Crippen LogP contribution in [0, 0.1) is 11.6 Å². The number of halogens is 3. The van der Waals surface area contributed by atoms with Crippen LogP contribution in [-0.4, -0.2) is 19.5 Å². The van der Waals surface area contributed by atoms with Crippen LogP contribution in [0.25, 0.3) is 0 Å². The predicted molar refractivity (Wildman–Crippen MR) is 78.3 cm³/mol. The van der Waals surface area contributed by atoms with E-state index in [2.05, 4.69) is 15.9 Å². The fourth-order valence-electron chi connectivity index (χ4n) is 1.63. The molecule has 2 aromatic rings. The molecule has 0 unspecified atom stereocenters. The van der Waals surface area contributed by atoms with Crippen LogP contribution in [0.15, 0.2) is 45.8 Å². The first-order valence-corrected chi connectivity index (χ1v) is 7.99. The van der Waals surface area contributed by atoms with Crippen molar-refractivity contribution in [3.8, 4) is 0 Å². The zero-order chi connectivity index (χ0) is 16.5. The maximum absolute atomic E-state index is 13.5. The molecule has 0 saturated carbocycles. The van der Waals surface area contributed by atoms with E-state index in [1.165, 1.54) is 12.1 Å². The number of sulfonamides is 1. The van der Waals surface area contributed by atoms with Gasteiger partial charge in [0.15, 0.2) is 0 Å². The second-order valence-corrected chi connectivity index (χ2v) is 6.66. The average molecular weight is 392 g/mol. The molecule has 2 rings (SSSR count). The number of nitrogens with one attached hydrogen (secondary N) is 1. The normalized spacial score (nSPS) is 11.2. The Morgan fingerprint density at radius 2 is 1.73 bits per heavy atom. The summed E-state index contributed by atoms with van der Waals surface area (Å²) in [6.07, 6.45) is 0. The van der Waals surface area contributed by atoms with E-state index < -0.39 is 38.2 Å². The fraction of sp³-hybridized carbons (Fsp3) is 0. The quantitative estimate of drug-likeness (QED) is 0.837. The van der Waals surface area contributed by atoms with E-state index in [1.54, 1.807) is 4.72 Å². The Balaban J connectivity index is 2.52. The third-order valence-electron chi connectivity index (χ3n) is 2.67. The van der Waals surface area contributed by atoms with Crippen LogP contribution in [0.4, 0.5) is 14.5 Å². The van der Waals surface area contributed by atoms with E-state index in [-0.39, 0.29) is 10.0 Å². The standard InChI is InChI=1S/C13H8BrF2NO4S/c14-8-5-4-7(13(18)19)6-11(8)22(20,21)17-12-9(15)2-1-3-10(12)16/h1-6,17H,(H,18,19). The van der Waals surface area contributed by atoms with Crippen LogP contribution in [0.2, 0.25) is 0 Å². The van der Waals surface area contributed by atoms with Crippen molar-refractivity contribution in [2.45, 2.75) is 4.90 Å². The minimum absolute atomic E-state index is 0.0572. The highest BCUT2D eigenvalue weighted by molar-refractivity contribution is 9.10. The Hall–Kier alpha value is -2.00. The van der Waals surface area contributed by atoms with Crippen molar-refractivity contribution in [3.63, 3.8) is 0 Å². The van der Waals surface area contributed by atoms with Gasteiger partial charge in [-0.3, -0.25) is 4.72 Å². The van der Waals surface area contributed by atoms with Crippen LogP contribution in [-0.2, 0) is 10.0 Å². The lowest BCUT2D eigenvalue weighted by molar-refractivity contribution is 0.0696. The molecule has 0 amide bonds. The maximum Gasteiger partial charge on any atom is 0.335 e. The van der Waals surface area contributed by atoms with Crippen molar-refractivity contribution >= 4 is 37.6 Å². The van der Waals surface area contributed by atoms with Crippen LogP contribution in [0.5, 0.6) is 0 Å². The summed E-state index contributed by atoms with van der Waals surface area (Å²) in [7, 11) is -4.39. The fourth-order valence-corrected chi connectivity index (χ4v) is 3.69. The summed E-state index contributed by atoms with van der Waals surface area (Å²) in [5.74, 6) is -3.51. The minimum atomic E-state index is -4.39. The first-order valence-electron chi connectivity index (χ1n) is 5.72. The molecule has 0 atom stereocenters. The zero-order valence-electron chi connectivity index (χ0n) is 10.7. The summed E-state index contributed by atoms with van der Waals surface area (Å²) in [5.41, 5.74) is -1.12. The number of carbonyl (C=O) groups is 1. The smallest absolute Gasteiger partial charge is 0.335 e. The van der Waals surface area contributed by atoms with Crippen LogP contribution >= 0.6 is 15.9 Å². The average Bonchev–Trinajstić information content (AvgIpc) is 2.43. The molecule has 0 radical (unpaired) electrons. The Kier molecular flexibility index (Phi) is 4.47. The Morgan fingerprint density at radius 3 is 2.27 bits per heavy atom. The lowest BCUT2D eigenvalue weighted by Gasteiger charge is -2.11. The molecule has 5 nitrogen and oxygen atoms in total. The molecule has 116 valence electrons. The number of hydrogen-bond donors (Lipinski definition) is 2. The summed E-state index contributed by atoms with van der Waals surface area (Å²) in [5, 5.41) is 8.89. The molecule has 2 N–H and O–H groups in total. The molecule has 0 heterocycles. The van der Waals surface area contributed by atoms with E-state index in [0.29, 0.717) is 0 Å². The van der Waals surface area contributed by atoms with Gasteiger partial charge >= 0.3 is 5.97 Å². The van der Waals surface area contributed by atoms with Gasteiger partial charge < -0.3 is 5.11 Å². The van der Waals surface area contributed by atoms with Gasteiger partial charge in [0.25, 0.3) is 10.0 Å². The summed E-state index contributed by atoms with van der Waals surface area (Å²) >= 11 is 2.97. The molecule has 0 aromatic heterocycles. The number of aromatic carboxylic acids is 1. The van der Waals surface area contributed by atoms with E-state index in [4.69, 9.17) is 5.11 Å². The van der Waals surface area contributed by atoms with Crippen LogP contribution < -0.4 is 4.72 Å². The topological polar surface area (TPSA) is 83.5 Å². The number of hydrogen-bond acceptors (Lipinski definition) is 3. The summed E-state index contributed by atoms with van der Waals surface area (Å²) in [4.78, 5) is 10.5. The van der Waals surface area contributed by atoms with Gasteiger partial charge in [-0.15, -0.1) is 0 Å². The first-order chi connectivity index (χ1) is 10.2. The first kappa shape index (κ1) is 16.4. The molecule has 0 bridgehead atoms. The molecular formula is C13H8BrF2NO4S. The van der Waals surface area contributed by atoms with Crippen molar-refractivity contribution in [1.82, 2.24) is 0 Å². The van der Waals surface area contributed by atoms with Crippen LogP contribution in [0.1, 0.15) is 10.4 Å². The van der Waals surface area contributed by atoms with Gasteiger partial charge in [-0.05, 0) is 46.3 Å². The number of anilines is 1. The summed E-state index contributed by atoms with van der Waals surface area (Å²) in [6.45, 7) is 0. The summed E-state index contributed by atoms with van der Waals surface area (Å²) in [6, 6.07) is 6.16. The molecule has 0 fully saturated rings. The van der Waals surface area contributed by atoms with E-state index in [1.807, 2.05) is 0 Å². The number of carboxylic acids is 1. The molecule has 2 aromatic carbocycles. The number of para-hydroxylation sites is 1. The van der Waals surface area contributed by atoms with Gasteiger partial charge in [0.1, 0.15) is 22.2 Å². The van der Waals surface area contributed by atoms with Crippen molar-refractivity contribution in [3.05, 3.63) is 58.1 Å². The van der Waals surface area contributed by atoms with Gasteiger partial charge in [-0.1, -0.05) is 6.07 Å². The van der Waals surface area contributed by atoms with Gasteiger partial charge in [0, 0.05) is 4.47 Å². The number of carboxylic acid groups (broad SMARTS) is 1. The Labute approximate surface area is 132 Å². The lowest BCUT2D eigenvalue weighted by atomic mass is 10.2.